The number of carbonyl (C=O) groups is 3. The number of amides is 3. The van der Waals surface area contributed by atoms with Gasteiger partial charge < -0.3 is 25.0 Å². The van der Waals surface area contributed by atoms with E-state index in [9.17, 15) is 14.4 Å². The molecule has 2 saturated heterocycles. The molecule has 39 heavy (non-hydrogen) atoms. The van der Waals surface area contributed by atoms with Crippen LogP contribution in [0.25, 0.3) is 0 Å². The second-order valence-electron chi connectivity index (χ2n) is 11.1. The smallest absolute Gasteiger partial charge is 0.246 e. The number of anilines is 1. The number of hydrogen-bond donors (Lipinski definition) is 2. The van der Waals surface area contributed by atoms with Crippen LogP contribution in [0.3, 0.4) is 0 Å². The van der Waals surface area contributed by atoms with E-state index in [2.05, 4.69) is 22.5 Å². The van der Waals surface area contributed by atoms with Crippen molar-refractivity contribution in [3.63, 3.8) is 0 Å². The number of methoxy groups -OCH3 is 1. The number of aromatic nitrogens is 1. The average molecular weight is 531 g/mol. The summed E-state index contributed by atoms with van der Waals surface area (Å²) in [5, 5.41) is 6.20. The number of pyridine rings is 1. The van der Waals surface area contributed by atoms with Gasteiger partial charge in [0.15, 0.2) is 0 Å². The van der Waals surface area contributed by atoms with E-state index >= 15 is 0 Å². The van der Waals surface area contributed by atoms with Crippen molar-refractivity contribution in [3.8, 4) is 5.75 Å². The van der Waals surface area contributed by atoms with Crippen molar-refractivity contribution in [1.82, 2.24) is 15.2 Å². The fourth-order valence-electron chi connectivity index (χ4n) is 6.84. The van der Waals surface area contributed by atoms with Crippen molar-refractivity contribution in [3.05, 3.63) is 66.5 Å². The molecule has 3 fully saturated rings. The fourth-order valence-corrected chi connectivity index (χ4v) is 6.84. The normalized spacial score (nSPS) is 32.7. The summed E-state index contributed by atoms with van der Waals surface area (Å²) in [6.45, 7) is 2.37. The van der Waals surface area contributed by atoms with Crippen LogP contribution < -0.4 is 15.4 Å². The van der Waals surface area contributed by atoms with Crippen LogP contribution in [0.1, 0.15) is 38.2 Å². The molecule has 0 unspecified atom stereocenters. The molecule has 9 heteroatoms. The third-order valence-corrected chi connectivity index (χ3v) is 8.78. The standard InChI is InChI=1S/C30H34N4O5/c1-18-7-3-4-11-22(18)33-28(36)26-30-13-12-23(39-30)24(27(35)32-20-9-5-10-21(15-20)38-2)25(30)29(37)34(26)17-19-8-6-14-31-16-19/h5-6,8-10,12-16,18,22-26H,3-4,7,11,17H2,1-2H3,(H,32,35)(H,33,36)/t18-,22-,23-,24+,25-,26-,30-/m1/s1. The van der Waals surface area contributed by atoms with Gasteiger partial charge in [-0.15, -0.1) is 0 Å². The van der Waals surface area contributed by atoms with Crippen LogP contribution in [0.4, 0.5) is 5.69 Å². The van der Waals surface area contributed by atoms with Gasteiger partial charge in [-0.05, 0) is 42.5 Å². The van der Waals surface area contributed by atoms with Gasteiger partial charge >= 0.3 is 0 Å². The summed E-state index contributed by atoms with van der Waals surface area (Å²) in [6.07, 6.45) is 10.6. The Morgan fingerprint density at radius 3 is 2.79 bits per heavy atom. The van der Waals surface area contributed by atoms with E-state index in [1.807, 2.05) is 18.2 Å². The Morgan fingerprint density at radius 1 is 1.18 bits per heavy atom. The second kappa shape index (κ2) is 10.1. The zero-order chi connectivity index (χ0) is 27.1. The first-order valence-corrected chi connectivity index (χ1v) is 13.7. The Bertz CT molecular complexity index is 1300. The number of rotatable bonds is 7. The topological polar surface area (TPSA) is 110 Å². The van der Waals surface area contributed by atoms with Crippen LogP contribution in [0, 0.1) is 17.8 Å². The Hall–Kier alpha value is -3.72. The van der Waals surface area contributed by atoms with Crippen molar-refractivity contribution in [2.45, 2.75) is 62.9 Å². The molecule has 2 N–H and O–H groups in total. The van der Waals surface area contributed by atoms with Gasteiger partial charge in [-0.2, -0.15) is 0 Å². The molecule has 4 heterocycles. The number of likely N-dealkylation sites (tertiary alicyclic amines) is 1. The van der Waals surface area contributed by atoms with E-state index in [4.69, 9.17) is 9.47 Å². The summed E-state index contributed by atoms with van der Waals surface area (Å²) >= 11 is 0. The SMILES string of the molecule is COc1cccc(NC(=O)[C@H]2[C@H]3C=C[C@@]4(O3)[C@H]2C(=O)N(Cc2cccnc2)[C@@H]4C(=O)N[C@@H]2CCCC[C@H]2C)c1. The van der Waals surface area contributed by atoms with Crippen LogP contribution in [0.15, 0.2) is 60.9 Å². The highest BCUT2D eigenvalue weighted by Crippen LogP contribution is 2.55. The number of benzene rings is 1. The van der Waals surface area contributed by atoms with Gasteiger partial charge in [-0.25, -0.2) is 0 Å². The Kier molecular flexibility index (Phi) is 6.62. The van der Waals surface area contributed by atoms with E-state index in [0.29, 0.717) is 17.4 Å². The summed E-state index contributed by atoms with van der Waals surface area (Å²) in [4.78, 5) is 47.6. The maximum atomic E-state index is 14.1. The highest BCUT2D eigenvalue weighted by molar-refractivity contribution is 6.02. The minimum absolute atomic E-state index is 0.0479. The first-order valence-electron chi connectivity index (χ1n) is 13.7. The summed E-state index contributed by atoms with van der Waals surface area (Å²) < 4.78 is 11.7. The molecule has 3 aliphatic heterocycles. The lowest BCUT2D eigenvalue weighted by Crippen LogP contribution is -2.57. The summed E-state index contributed by atoms with van der Waals surface area (Å²) in [5.41, 5.74) is 0.169. The van der Waals surface area contributed by atoms with Crippen LogP contribution in [0.2, 0.25) is 0 Å². The van der Waals surface area contributed by atoms with Crippen molar-refractivity contribution in [2.24, 2.45) is 17.8 Å². The van der Waals surface area contributed by atoms with Gasteiger partial charge in [-0.1, -0.05) is 44.1 Å². The zero-order valence-corrected chi connectivity index (χ0v) is 22.2. The van der Waals surface area contributed by atoms with Crippen LogP contribution in [-0.2, 0) is 25.7 Å². The first-order chi connectivity index (χ1) is 18.9. The predicted molar refractivity (Wildman–Crippen MR) is 143 cm³/mol. The maximum absolute atomic E-state index is 14.1. The molecule has 1 aromatic heterocycles. The van der Waals surface area contributed by atoms with Gasteiger partial charge in [0.2, 0.25) is 17.7 Å². The minimum atomic E-state index is -1.21. The number of fused-ring (bicyclic) bond motifs is 1. The number of hydrogen-bond acceptors (Lipinski definition) is 6. The van der Waals surface area contributed by atoms with Gasteiger partial charge in [0.25, 0.3) is 0 Å². The molecular formula is C30H34N4O5. The third kappa shape index (κ3) is 4.38. The quantitative estimate of drug-likeness (QED) is 0.533. The molecule has 4 aliphatic rings. The van der Waals surface area contributed by atoms with Gasteiger partial charge in [0.1, 0.15) is 17.4 Å². The van der Waals surface area contributed by atoms with Crippen molar-refractivity contribution >= 4 is 23.4 Å². The lowest BCUT2D eigenvalue weighted by molar-refractivity contribution is -0.142. The third-order valence-electron chi connectivity index (χ3n) is 8.78. The summed E-state index contributed by atoms with van der Waals surface area (Å²) in [5.74, 6) is -1.41. The van der Waals surface area contributed by atoms with E-state index in [-0.39, 0.29) is 30.3 Å². The monoisotopic (exact) mass is 530 g/mol. The molecule has 9 nitrogen and oxygen atoms in total. The molecule has 1 aromatic carbocycles. The van der Waals surface area contributed by atoms with E-state index in [1.54, 1.807) is 54.7 Å². The molecule has 3 amide bonds. The predicted octanol–water partition coefficient (Wildman–Crippen LogP) is 3.07. The maximum Gasteiger partial charge on any atom is 0.246 e. The van der Waals surface area contributed by atoms with Crippen LogP contribution in [-0.4, -0.2) is 58.5 Å². The molecule has 1 spiro atoms. The van der Waals surface area contributed by atoms with Crippen molar-refractivity contribution in [2.75, 3.05) is 12.4 Å². The summed E-state index contributed by atoms with van der Waals surface area (Å²) in [7, 11) is 1.56. The molecule has 1 saturated carbocycles. The fraction of sp³-hybridized carbons (Fsp3) is 0.467. The molecule has 2 bridgehead atoms. The molecule has 1 aliphatic carbocycles. The minimum Gasteiger partial charge on any atom is -0.497 e. The van der Waals surface area contributed by atoms with Crippen molar-refractivity contribution < 1.29 is 23.9 Å². The van der Waals surface area contributed by atoms with E-state index in [1.165, 1.54) is 0 Å². The Balaban J connectivity index is 1.32. The van der Waals surface area contributed by atoms with Crippen molar-refractivity contribution in [1.29, 1.82) is 0 Å². The molecular weight excluding hydrogens is 496 g/mol. The second-order valence-corrected chi connectivity index (χ2v) is 11.1. The van der Waals surface area contributed by atoms with E-state index in [0.717, 1.165) is 31.2 Å². The number of ether oxygens (including phenoxy) is 2. The zero-order valence-electron chi connectivity index (χ0n) is 22.2. The summed E-state index contributed by atoms with van der Waals surface area (Å²) in [6, 6.07) is 9.92. The molecule has 6 rings (SSSR count). The lowest BCUT2D eigenvalue weighted by atomic mass is 9.74. The average Bonchev–Trinajstić information content (AvgIpc) is 3.58. The number of carbonyl (C=O) groups excluding carboxylic acids is 3. The number of nitrogens with zero attached hydrogens (tertiary/aromatic N) is 2. The molecule has 0 radical (unpaired) electrons. The Labute approximate surface area is 228 Å². The largest absolute Gasteiger partial charge is 0.497 e. The highest BCUT2D eigenvalue weighted by Gasteiger charge is 2.72. The Morgan fingerprint density at radius 2 is 2.03 bits per heavy atom. The van der Waals surface area contributed by atoms with Gasteiger partial charge in [0.05, 0.1) is 25.0 Å². The van der Waals surface area contributed by atoms with Crippen LogP contribution in [0.5, 0.6) is 5.75 Å². The molecule has 204 valence electrons. The molecule has 2 aromatic rings. The van der Waals surface area contributed by atoms with E-state index < -0.39 is 29.6 Å². The lowest BCUT2D eigenvalue weighted by Gasteiger charge is -2.36. The van der Waals surface area contributed by atoms with Gasteiger partial charge in [0, 0.05) is 36.7 Å². The first kappa shape index (κ1) is 25.6. The van der Waals surface area contributed by atoms with Gasteiger partial charge in [-0.3, -0.25) is 19.4 Å². The molecule has 7 atom stereocenters. The van der Waals surface area contributed by atoms with Crippen LogP contribution >= 0.6 is 0 Å². The number of nitrogens with one attached hydrogen (secondary N) is 2. The highest BCUT2D eigenvalue weighted by atomic mass is 16.5.